The first kappa shape index (κ1) is 15.1. The molecule has 0 bridgehead atoms. The van der Waals surface area contributed by atoms with E-state index in [2.05, 4.69) is 10.6 Å². The van der Waals surface area contributed by atoms with Crippen molar-refractivity contribution in [3.05, 3.63) is 65.5 Å². The molecule has 2 atom stereocenters. The zero-order valence-electron chi connectivity index (χ0n) is 13.2. The standard InChI is InChI=1S/C19H19FN2O2/c20-13-7-5-12(6-8-13)18(19(23)21-14-9-10-14)22-16-11-24-17-4-2-1-3-15(16)17/h1-8,14,16,18,22H,9-11H2,(H,21,23). The number of rotatable bonds is 5. The van der Waals surface area contributed by atoms with E-state index in [9.17, 15) is 9.18 Å². The highest BCUT2D eigenvalue weighted by atomic mass is 19.1. The summed E-state index contributed by atoms with van der Waals surface area (Å²) in [4.78, 5) is 12.7. The third-order valence-electron chi connectivity index (χ3n) is 4.46. The minimum absolute atomic E-state index is 0.0683. The van der Waals surface area contributed by atoms with Gasteiger partial charge in [0.2, 0.25) is 5.91 Å². The van der Waals surface area contributed by atoms with Gasteiger partial charge in [0.05, 0.1) is 6.04 Å². The molecular weight excluding hydrogens is 307 g/mol. The average Bonchev–Trinajstić information content (AvgIpc) is 3.32. The molecule has 124 valence electrons. The molecule has 4 rings (SSSR count). The van der Waals surface area contributed by atoms with Crippen molar-refractivity contribution in [3.8, 4) is 5.75 Å². The number of hydrogen-bond donors (Lipinski definition) is 2. The van der Waals surface area contributed by atoms with Gasteiger partial charge in [-0.1, -0.05) is 30.3 Å². The summed E-state index contributed by atoms with van der Waals surface area (Å²) in [5.41, 5.74) is 1.79. The van der Waals surface area contributed by atoms with Crippen molar-refractivity contribution < 1.29 is 13.9 Å². The fourth-order valence-electron chi connectivity index (χ4n) is 2.99. The van der Waals surface area contributed by atoms with Gasteiger partial charge in [0.15, 0.2) is 0 Å². The molecule has 2 aromatic rings. The largest absolute Gasteiger partial charge is 0.491 e. The first-order valence-corrected chi connectivity index (χ1v) is 8.24. The topological polar surface area (TPSA) is 50.4 Å². The van der Waals surface area contributed by atoms with E-state index in [1.54, 1.807) is 12.1 Å². The Balaban J connectivity index is 1.58. The molecule has 1 aliphatic heterocycles. The van der Waals surface area contributed by atoms with Gasteiger partial charge in [0, 0.05) is 11.6 Å². The van der Waals surface area contributed by atoms with Crippen LogP contribution in [0.3, 0.4) is 0 Å². The number of benzene rings is 2. The summed E-state index contributed by atoms with van der Waals surface area (Å²) >= 11 is 0. The maximum absolute atomic E-state index is 13.2. The number of amides is 1. The highest BCUT2D eigenvalue weighted by Crippen LogP contribution is 2.33. The van der Waals surface area contributed by atoms with E-state index < -0.39 is 6.04 Å². The summed E-state index contributed by atoms with van der Waals surface area (Å²) < 4.78 is 18.9. The van der Waals surface area contributed by atoms with E-state index in [1.807, 2.05) is 24.3 Å². The van der Waals surface area contributed by atoms with Crippen LogP contribution in [0.15, 0.2) is 48.5 Å². The number of para-hydroxylation sites is 1. The zero-order valence-corrected chi connectivity index (χ0v) is 13.2. The molecule has 0 radical (unpaired) electrons. The van der Waals surface area contributed by atoms with Crippen LogP contribution in [0.4, 0.5) is 4.39 Å². The highest BCUT2D eigenvalue weighted by molar-refractivity contribution is 5.83. The Hall–Kier alpha value is -2.40. The summed E-state index contributed by atoms with van der Waals surface area (Å²) in [7, 11) is 0. The van der Waals surface area contributed by atoms with Crippen molar-refractivity contribution in [2.24, 2.45) is 0 Å². The Morgan fingerprint density at radius 2 is 1.88 bits per heavy atom. The van der Waals surface area contributed by atoms with E-state index >= 15 is 0 Å². The van der Waals surface area contributed by atoms with Gasteiger partial charge in [-0.05, 0) is 36.6 Å². The molecule has 2 N–H and O–H groups in total. The van der Waals surface area contributed by atoms with Gasteiger partial charge in [-0.15, -0.1) is 0 Å². The number of carbonyl (C=O) groups excluding carboxylic acids is 1. The minimum atomic E-state index is -0.536. The predicted octanol–water partition coefficient (Wildman–Crippen LogP) is 2.87. The van der Waals surface area contributed by atoms with Crippen molar-refractivity contribution >= 4 is 5.91 Å². The number of nitrogens with one attached hydrogen (secondary N) is 2. The lowest BCUT2D eigenvalue weighted by atomic mass is 10.0. The second-order valence-electron chi connectivity index (χ2n) is 6.34. The Bertz CT molecular complexity index is 743. The first-order chi connectivity index (χ1) is 11.7. The first-order valence-electron chi connectivity index (χ1n) is 8.24. The normalized spacial score (nSPS) is 20.1. The molecule has 1 fully saturated rings. The maximum Gasteiger partial charge on any atom is 0.241 e. The van der Waals surface area contributed by atoms with Crippen LogP contribution >= 0.6 is 0 Å². The average molecular weight is 326 g/mol. The molecule has 1 amide bonds. The molecule has 1 aliphatic carbocycles. The van der Waals surface area contributed by atoms with Gasteiger partial charge in [-0.3, -0.25) is 10.1 Å². The number of fused-ring (bicyclic) bond motifs is 1. The molecule has 24 heavy (non-hydrogen) atoms. The van der Waals surface area contributed by atoms with Gasteiger partial charge in [0.25, 0.3) is 0 Å². The molecule has 2 aromatic carbocycles. The van der Waals surface area contributed by atoms with Gasteiger partial charge in [-0.25, -0.2) is 4.39 Å². The van der Waals surface area contributed by atoms with Gasteiger partial charge >= 0.3 is 0 Å². The molecule has 1 heterocycles. The Labute approximate surface area is 140 Å². The quantitative estimate of drug-likeness (QED) is 0.888. The SMILES string of the molecule is O=C(NC1CC1)C(NC1COc2ccccc21)c1ccc(F)cc1. The lowest BCUT2D eigenvalue weighted by molar-refractivity contribution is -0.123. The summed E-state index contributed by atoms with van der Waals surface area (Å²) in [5, 5.41) is 6.41. The molecule has 0 spiro atoms. The van der Waals surface area contributed by atoms with Crippen molar-refractivity contribution in [1.29, 1.82) is 0 Å². The van der Waals surface area contributed by atoms with Crippen LogP contribution in [-0.4, -0.2) is 18.6 Å². The summed E-state index contributed by atoms with van der Waals surface area (Å²) in [6, 6.07) is 13.6. The van der Waals surface area contributed by atoms with Crippen molar-refractivity contribution in [2.75, 3.05) is 6.61 Å². The molecular formula is C19H19FN2O2. The number of hydrogen-bond acceptors (Lipinski definition) is 3. The predicted molar refractivity (Wildman–Crippen MR) is 88.1 cm³/mol. The Morgan fingerprint density at radius 3 is 2.62 bits per heavy atom. The van der Waals surface area contributed by atoms with Crippen molar-refractivity contribution in [1.82, 2.24) is 10.6 Å². The molecule has 0 aromatic heterocycles. The van der Waals surface area contributed by atoms with Crippen LogP contribution in [0.25, 0.3) is 0 Å². The van der Waals surface area contributed by atoms with Crippen LogP contribution in [0, 0.1) is 5.82 Å². The van der Waals surface area contributed by atoms with Crippen molar-refractivity contribution in [3.63, 3.8) is 0 Å². The van der Waals surface area contributed by atoms with Gasteiger partial charge in [-0.2, -0.15) is 0 Å². The van der Waals surface area contributed by atoms with E-state index in [-0.39, 0.29) is 23.8 Å². The van der Waals surface area contributed by atoms with E-state index in [0.29, 0.717) is 6.61 Å². The smallest absolute Gasteiger partial charge is 0.241 e. The monoisotopic (exact) mass is 326 g/mol. The van der Waals surface area contributed by atoms with Crippen LogP contribution in [0.5, 0.6) is 5.75 Å². The van der Waals surface area contributed by atoms with Gasteiger partial charge < -0.3 is 10.1 Å². The maximum atomic E-state index is 13.2. The Morgan fingerprint density at radius 1 is 1.12 bits per heavy atom. The van der Waals surface area contributed by atoms with Crippen LogP contribution in [-0.2, 0) is 4.79 Å². The molecule has 1 saturated carbocycles. The van der Waals surface area contributed by atoms with E-state index in [1.165, 1.54) is 12.1 Å². The van der Waals surface area contributed by atoms with E-state index in [4.69, 9.17) is 4.74 Å². The molecule has 2 aliphatic rings. The number of halogens is 1. The molecule has 2 unspecified atom stereocenters. The lowest BCUT2D eigenvalue weighted by Gasteiger charge is -2.22. The summed E-state index contributed by atoms with van der Waals surface area (Å²) in [6.45, 7) is 0.480. The van der Waals surface area contributed by atoms with Crippen LogP contribution in [0.1, 0.15) is 36.1 Å². The zero-order chi connectivity index (χ0) is 16.5. The van der Waals surface area contributed by atoms with Crippen LogP contribution in [0.2, 0.25) is 0 Å². The highest BCUT2D eigenvalue weighted by Gasteiger charge is 2.32. The number of carbonyl (C=O) groups is 1. The summed E-state index contributed by atoms with van der Waals surface area (Å²) in [5.74, 6) is 0.457. The lowest BCUT2D eigenvalue weighted by Crippen LogP contribution is -2.40. The minimum Gasteiger partial charge on any atom is -0.491 e. The molecule has 5 heteroatoms. The van der Waals surface area contributed by atoms with Crippen LogP contribution < -0.4 is 15.4 Å². The molecule has 0 saturated heterocycles. The summed E-state index contributed by atoms with van der Waals surface area (Å²) in [6.07, 6.45) is 2.05. The Kier molecular flexibility index (Phi) is 3.94. The van der Waals surface area contributed by atoms with Crippen molar-refractivity contribution in [2.45, 2.75) is 31.0 Å². The fraction of sp³-hybridized carbons (Fsp3) is 0.316. The van der Waals surface area contributed by atoms with E-state index in [0.717, 1.165) is 29.7 Å². The van der Waals surface area contributed by atoms with Gasteiger partial charge in [0.1, 0.15) is 24.2 Å². The second kappa shape index (κ2) is 6.24. The third kappa shape index (κ3) is 3.12. The second-order valence-corrected chi connectivity index (χ2v) is 6.34. The fourth-order valence-corrected chi connectivity index (χ4v) is 2.99. The molecule has 4 nitrogen and oxygen atoms in total. The number of ether oxygens (including phenoxy) is 1. The third-order valence-corrected chi connectivity index (χ3v) is 4.46.